The van der Waals surface area contributed by atoms with Crippen LogP contribution in [0, 0.1) is 12.8 Å². The lowest BCUT2D eigenvalue weighted by molar-refractivity contribution is -0.139. The summed E-state index contributed by atoms with van der Waals surface area (Å²) >= 11 is 6.30. The normalized spacial score (nSPS) is 12.3. The summed E-state index contributed by atoms with van der Waals surface area (Å²) in [6.45, 7) is 7.57. The predicted molar refractivity (Wildman–Crippen MR) is 133 cm³/mol. The van der Waals surface area contributed by atoms with Crippen LogP contribution in [0.2, 0.25) is 5.02 Å². The number of aryl methyl sites for hydroxylation is 1. The number of anilines is 1. The summed E-state index contributed by atoms with van der Waals surface area (Å²) in [6.07, 6.45) is 1.05. The number of hydrogen-bond acceptors (Lipinski definition) is 4. The van der Waals surface area contributed by atoms with E-state index >= 15 is 0 Å². The highest BCUT2D eigenvalue weighted by molar-refractivity contribution is 7.92. The van der Waals surface area contributed by atoms with Crippen LogP contribution in [0.25, 0.3) is 0 Å². The first-order chi connectivity index (χ1) is 15.4. The average molecular weight is 494 g/mol. The van der Waals surface area contributed by atoms with Gasteiger partial charge in [-0.15, -0.1) is 0 Å². The number of nitrogens with zero attached hydrogens (tertiary/aromatic N) is 2. The van der Waals surface area contributed by atoms with Crippen molar-refractivity contribution in [3.8, 4) is 0 Å². The van der Waals surface area contributed by atoms with E-state index in [4.69, 9.17) is 11.6 Å². The second-order valence-corrected chi connectivity index (χ2v) is 10.8. The fourth-order valence-corrected chi connectivity index (χ4v) is 4.22. The Morgan fingerprint density at radius 1 is 1.03 bits per heavy atom. The molecule has 0 radical (unpaired) electrons. The van der Waals surface area contributed by atoms with Crippen LogP contribution in [0.1, 0.15) is 31.9 Å². The molecule has 180 valence electrons. The molecule has 0 aliphatic heterocycles. The number of benzene rings is 2. The Kier molecular flexibility index (Phi) is 9.31. The number of rotatable bonds is 10. The molecular formula is C24H32ClN3O4S. The first-order valence-electron chi connectivity index (χ1n) is 10.7. The van der Waals surface area contributed by atoms with Gasteiger partial charge in [-0.3, -0.25) is 13.9 Å². The van der Waals surface area contributed by atoms with Gasteiger partial charge in [-0.2, -0.15) is 0 Å². The molecule has 7 nitrogen and oxygen atoms in total. The van der Waals surface area contributed by atoms with E-state index < -0.39 is 28.5 Å². The average Bonchev–Trinajstić information content (AvgIpc) is 2.74. The Balaban J connectivity index is 2.36. The zero-order valence-corrected chi connectivity index (χ0v) is 21.3. The van der Waals surface area contributed by atoms with Crippen molar-refractivity contribution in [2.75, 3.05) is 23.7 Å². The summed E-state index contributed by atoms with van der Waals surface area (Å²) in [5, 5.41) is 3.30. The molecular weight excluding hydrogens is 462 g/mol. The standard InChI is InChI=1S/C24H32ClN3O4S/c1-17(2)14-26-24(30)19(4)27(15-20-8-6-7-9-22(20)25)23(29)16-28(33(5,31)32)21-12-10-18(3)11-13-21/h6-13,17,19H,14-16H2,1-5H3,(H,26,30). The number of carbonyl (C=O) groups is 2. The molecule has 1 unspecified atom stereocenters. The fraction of sp³-hybridized carbons (Fsp3) is 0.417. The molecule has 2 rings (SSSR count). The van der Waals surface area contributed by atoms with E-state index in [9.17, 15) is 18.0 Å². The van der Waals surface area contributed by atoms with Gasteiger partial charge in [-0.05, 0) is 43.5 Å². The molecule has 0 heterocycles. The number of sulfonamides is 1. The van der Waals surface area contributed by atoms with Crippen molar-refractivity contribution >= 4 is 39.1 Å². The van der Waals surface area contributed by atoms with Crippen LogP contribution in [0.3, 0.4) is 0 Å². The van der Waals surface area contributed by atoms with Crippen LogP contribution >= 0.6 is 11.6 Å². The SMILES string of the molecule is Cc1ccc(N(CC(=O)N(Cc2ccccc2Cl)C(C)C(=O)NCC(C)C)S(C)(=O)=O)cc1. The van der Waals surface area contributed by atoms with Crippen LogP contribution in [0.5, 0.6) is 0 Å². The zero-order valence-electron chi connectivity index (χ0n) is 19.7. The van der Waals surface area contributed by atoms with Gasteiger partial charge in [0.25, 0.3) is 0 Å². The molecule has 1 N–H and O–H groups in total. The summed E-state index contributed by atoms with van der Waals surface area (Å²) in [5.41, 5.74) is 2.01. The number of amides is 2. The zero-order chi connectivity index (χ0) is 24.8. The lowest BCUT2D eigenvalue weighted by Gasteiger charge is -2.31. The maximum Gasteiger partial charge on any atom is 0.244 e. The van der Waals surface area contributed by atoms with Crippen molar-refractivity contribution in [2.45, 2.75) is 40.3 Å². The van der Waals surface area contributed by atoms with Crippen LogP contribution in [-0.4, -0.2) is 50.5 Å². The van der Waals surface area contributed by atoms with Gasteiger partial charge in [0.15, 0.2) is 0 Å². The lowest BCUT2D eigenvalue weighted by Crippen LogP contribution is -2.51. The van der Waals surface area contributed by atoms with Gasteiger partial charge >= 0.3 is 0 Å². The minimum absolute atomic E-state index is 0.0697. The smallest absolute Gasteiger partial charge is 0.244 e. The quantitative estimate of drug-likeness (QED) is 0.547. The van der Waals surface area contributed by atoms with Crippen molar-refractivity contribution < 1.29 is 18.0 Å². The largest absolute Gasteiger partial charge is 0.354 e. The maximum absolute atomic E-state index is 13.4. The Morgan fingerprint density at radius 2 is 1.64 bits per heavy atom. The van der Waals surface area contributed by atoms with E-state index in [0.717, 1.165) is 16.1 Å². The summed E-state index contributed by atoms with van der Waals surface area (Å²) in [7, 11) is -3.75. The van der Waals surface area contributed by atoms with E-state index in [1.165, 1.54) is 4.90 Å². The van der Waals surface area contributed by atoms with Crippen LogP contribution in [0.15, 0.2) is 48.5 Å². The van der Waals surface area contributed by atoms with E-state index in [-0.39, 0.29) is 18.4 Å². The van der Waals surface area contributed by atoms with Crippen molar-refractivity contribution in [1.82, 2.24) is 10.2 Å². The Labute approximate surface area is 201 Å². The third-order valence-corrected chi connectivity index (χ3v) is 6.66. The highest BCUT2D eigenvalue weighted by Gasteiger charge is 2.30. The Bertz CT molecular complexity index is 1070. The van der Waals surface area contributed by atoms with E-state index in [1.807, 2.05) is 20.8 Å². The minimum atomic E-state index is -3.75. The molecule has 2 amide bonds. The van der Waals surface area contributed by atoms with Gasteiger partial charge in [-0.25, -0.2) is 8.42 Å². The van der Waals surface area contributed by atoms with Crippen molar-refractivity contribution in [3.05, 3.63) is 64.7 Å². The van der Waals surface area contributed by atoms with Crippen molar-refractivity contribution in [2.24, 2.45) is 5.92 Å². The Morgan fingerprint density at radius 3 is 2.18 bits per heavy atom. The number of halogens is 1. The molecule has 0 saturated carbocycles. The summed E-state index contributed by atoms with van der Waals surface area (Å²) < 4.78 is 26.1. The van der Waals surface area contributed by atoms with E-state index in [0.29, 0.717) is 22.8 Å². The molecule has 0 bridgehead atoms. The van der Waals surface area contributed by atoms with Crippen LogP contribution < -0.4 is 9.62 Å². The van der Waals surface area contributed by atoms with E-state index in [2.05, 4.69) is 5.32 Å². The molecule has 0 aliphatic rings. The monoisotopic (exact) mass is 493 g/mol. The Hall–Kier alpha value is -2.58. The van der Waals surface area contributed by atoms with Gasteiger partial charge < -0.3 is 10.2 Å². The van der Waals surface area contributed by atoms with Crippen molar-refractivity contribution in [3.63, 3.8) is 0 Å². The number of hydrogen-bond donors (Lipinski definition) is 1. The van der Waals surface area contributed by atoms with Gasteiger partial charge in [0.1, 0.15) is 12.6 Å². The molecule has 0 fully saturated rings. The molecule has 2 aromatic carbocycles. The third-order valence-electron chi connectivity index (χ3n) is 5.15. The molecule has 1 atom stereocenters. The fourth-order valence-electron chi connectivity index (χ4n) is 3.17. The lowest BCUT2D eigenvalue weighted by atomic mass is 10.1. The first-order valence-corrected chi connectivity index (χ1v) is 13.0. The van der Waals surface area contributed by atoms with Gasteiger partial charge in [-0.1, -0.05) is 61.3 Å². The third kappa shape index (κ3) is 7.75. The van der Waals surface area contributed by atoms with Gasteiger partial charge in [0.05, 0.1) is 11.9 Å². The highest BCUT2D eigenvalue weighted by Crippen LogP contribution is 2.21. The van der Waals surface area contributed by atoms with Crippen LogP contribution in [0.4, 0.5) is 5.69 Å². The topological polar surface area (TPSA) is 86.8 Å². The molecule has 0 saturated heterocycles. The molecule has 2 aromatic rings. The van der Waals surface area contributed by atoms with E-state index in [1.54, 1.807) is 55.5 Å². The summed E-state index contributed by atoms with van der Waals surface area (Å²) in [5.74, 6) is -0.574. The van der Waals surface area contributed by atoms with Crippen molar-refractivity contribution in [1.29, 1.82) is 0 Å². The minimum Gasteiger partial charge on any atom is -0.354 e. The first kappa shape index (κ1) is 26.7. The molecule has 0 spiro atoms. The summed E-state index contributed by atoms with van der Waals surface area (Å²) in [6, 6.07) is 13.1. The van der Waals surface area contributed by atoms with Gasteiger partial charge in [0.2, 0.25) is 21.8 Å². The molecule has 0 aliphatic carbocycles. The predicted octanol–water partition coefficient (Wildman–Crippen LogP) is 3.60. The van der Waals surface area contributed by atoms with Crippen LogP contribution in [-0.2, 0) is 26.2 Å². The number of nitrogens with one attached hydrogen (secondary N) is 1. The molecule has 0 aromatic heterocycles. The maximum atomic E-state index is 13.4. The second kappa shape index (κ2) is 11.5. The second-order valence-electron chi connectivity index (χ2n) is 8.53. The molecule has 9 heteroatoms. The molecule has 33 heavy (non-hydrogen) atoms. The number of carbonyl (C=O) groups excluding carboxylic acids is 2. The summed E-state index contributed by atoms with van der Waals surface area (Å²) in [4.78, 5) is 27.6. The highest BCUT2D eigenvalue weighted by atomic mass is 35.5. The van der Waals surface area contributed by atoms with Gasteiger partial charge in [0, 0.05) is 18.1 Å².